The molecule has 6 heteroatoms. The van der Waals surface area contributed by atoms with Gasteiger partial charge in [0.1, 0.15) is 11.4 Å². The molecule has 0 bridgehead atoms. The maximum Gasteiger partial charge on any atom is 0.207 e. The number of para-hydroxylation sites is 1. The van der Waals surface area contributed by atoms with E-state index in [9.17, 15) is 13.6 Å². The zero-order valence-corrected chi connectivity index (χ0v) is 15.3. The zero-order chi connectivity index (χ0) is 19.9. The Kier molecular flexibility index (Phi) is 6.22. The molecule has 0 aliphatic heterocycles. The van der Waals surface area contributed by atoms with Gasteiger partial charge in [0.25, 0.3) is 0 Å². The topological polar surface area (TPSA) is 47.2 Å². The predicted molar refractivity (Wildman–Crippen MR) is 107 cm³/mol. The lowest BCUT2D eigenvalue weighted by Crippen LogP contribution is -2.17. The average Bonchev–Trinajstić information content (AvgIpc) is 2.70. The van der Waals surface area contributed by atoms with Crippen molar-refractivity contribution in [1.29, 1.82) is 0 Å². The number of hydrogen-bond acceptors (Lipinski definition) is 3. The summed E-state index contributed by atoms with van der Waals surface area (Å²) in [7, 11) is 1.64. The molecule has 0 unspecified atom stereocenters. The molecule has 0 aliphatic rings. The monoisotopic (exact) mass is 379 g/mol. The van der Waals surface area contributed by atoms with Crippen LogP contribution < -0.4 is 5.43 Å². The molecule has 0 radical (unpaired) electrons. The fourth-order valence-corrected chi connectivity index (χ4v) is 2.78. The van der Waals surface area contributed by atoms with Gasteiger partial charge in [0.05, 0.1) is 0 Å². The first-order chi connectivity index (χ1) is 13.6. The molecule has 0 saturated carbocycles. The third kappa shape index (κ3) is 4.46. The fraction of sp³-hybridized carbons (Fsp3) is 0.136. The Hall–Kier alpha value is -3.41. The van der Waals surface area contributed by atoms with Crippen LogP contribution in [0.1, 0.15) is 17.7 Å². The van der Waals surface area contributed by atoms with Crippen molar-refractivity contribution in [1.82, 2.24) is 9.78 Å². The molecule has 1 heterocycles. The van der Waals surface area contributed by atoms with Crippen LogP contribution in [0.2, 0.25) is 0 Å². The molecule has 0 aliphatic carbocycles. The lowest BCUT2D eigenvalue weighted by Gasteiger charge is -2.11. The summed E-state index contributed by atoms with van der Waals surface area (Å²) in [6.45, 7) is 0. The minimum absolute atomic E-state index is 0.140. The normalized spacial score (nSPS) is 11.9. The van der Waals surface area contributed by atoms with Crippen LogP contribution in [0, 0.1) is 11.6 Å². The Morgan fingerprint density at radius 3 is 2.46 bits per heavy atom. The lowest BCUT2D eigenvalue weighted by molar-refractivity contribution is 0.557. The molecule has 0 amide bonds. The van der Waals surface area contributed by atoms with E-state index in [-0.39, 0.29) is 16.8 Å². The van der Waals surface area contributed by atoms with E-state index in [4.69, 9.17) is 0 Å². The van der Waals surface area contributed by atoms with E-state index in [0.29, 0.717) is 18.4 Å². The highest BCUT2D eigenvalue weighted by Crippen LogP contribution is 2.18. The van der Waals surface area contributed by atoms with Gasteiger partial charge < -0.3 is 4.99 Å². The Morgan fingerprint density at radius 2 is 1.79 bits per heavy atom. The van der Waals surface area contributed by atoms with Gasteiger partial charge >= 0.3 is 0 Å². The van der Waals surface area contributed by atoms with E-state index in [2.05, 4.69) is 10.1 Å². The highest BCUT2D eigenvalue weighted by atomic mass is 19.1. The van der Waals surface area contributed by atoms with E-state index < -0.39 is 11.6 Å². The second-order valence-electron chi connectivity index (χ2n) is 6.11. The van der Waals surface area contributed by atoms with Gasteiger partial charge in [-0.05, 0) is 29.7 Å². The van der Waals surface area contributed by atoms with E-state index in [1.165, 1.54) is 18.3 Å². The highest BCUT2D eigenvalue weighted by Gasteiger charge is 2.14. The van der Waals surface area contributed by atoms with Gasteiger partial charge in [-0.25, -0.2) is 13.5 Å². The third-order valence-corrected chi connectivity index (χ3v) is 4.20. The summed E-state index contributed by atoms with van der Waals surface area (Å²) in [5.41, 5.74) is 1.21. The summed E-state index contributed by atoms with van der Waals surface area (Å²) in [5.74, 6) is -1.51. The molecule has 0 saturated heterocycles. The van der Waals surface area contributed by atoms with Gasteiger partial charge in [-0.2, -0.15) is 5.10 Å². The SMILES string of the molecule is CN=CC/C(=C/Cc1ccccc1)c1nn(-c2c(F)cccc2F)ccc1=O. The van der Waals surface area contributed by atoms with E-state index >= 15 is 0 Å². The lowest BCUT2D eigenvalue weighted by atomic mass is 10.0. The van der Waals surface area contributed by atoms with Crippen molar-refractivity contribution >= 4 is 11.8 Å². The maximum atomic E-state index is 14.1. The van der Waals surface area contributed by atoms with Crippen molar-refractivity contribution in [2.75, 3.05) is 7.05 Å². The van der Waals surface area contributed by atoms with Crippen molar-refractivity contribution in [3.05, 3.63) is 100.0 Å². The molecular weight excluding hydrogens is 360 g/mol. The van der Waals surface area contributed by atoms with Gasteiger partial charge in [-0.1, -0.05) is 42.5 Å². The highest BCUT2D eigenvalue weighted by molar-refractivity contribution is 5.78. The van der Waals surface area contributed by atoms with Crippen LogP contribution in [0.4, 0.5) is 8.78 Å². The van der Waals surface area contributed by atoms with Crippen molar-refractivity contribution in [3.8, 4) is 5.69 Å². The van der Waals surface area contributed by atoms with Crippen LogP contribution in [0.5, 0.6) is 0 Å². The third-order valence-electron chi connectivity index (χ3n) is 4.20. The Labute approximate surface area is 161 Å². The summed E-state index contributed by atoms with van der Waals surface area (Å²) in [6.07, 6.45) is 5.80. The Balaban J connectivity index is 2.06. The van der Waals surface area contributed by atoms with Crippen LogP contribution in [0.3, 0.4) is 0 Å². The van der Waals surface area contributed by atoms with Crippen molar-refractivity contribution in [3.63, 3.8) is 0 Å². The molecular formula is C22H19F2N3O. The number of halogens is 2. The van der Waals surface area contributed by atoms with Crippen molar-refractivity contribution < 1.29 is 8.78 Å². The van der Waals surface area contributed by atoms with Gasteiger partial charge in [0.2, 0.25) is 5.43 Å². The minimum atomic E-state index is -0.757. The molecule has 142 valence electrons. The molecule has 0 N–H and O–H groups in total. The summed E-state index contributed by atoms with van der Waals surface area (Å²) >= 11 is 0. The fourth-order valence-electron chi connectivity index (χ4n) is 2.78. The second-order valence-corrected chi connectivity index (χ2v) is 6.11. The number of allylic oxidation sites excluding steroid dienone is 2. The van der Waals surface area contributed by atoms with Gasteiger partial charge in [-0.3, -0.25) is 4.79 Å². The minimum Gasteiger partial charge on any atom is -0.301 e. The first-order valence-electron chi connectivity index (χ1n) is 8.78. The largest absolute Gasteiger partial charge is 0.301 e. The zero-order valence-electron chi connectivity index (χ0n) is 15.3. The summed E-state index contributed by atoms with van der Waals surface area (Å²) in [5, 5.41) is 4.22. The standard InChI is InChI=1S/C22H19F2N3O/c1-25-14-12-17(11-10-16-6-3-2-4-7-16)21-20(28)13-15-27(26-21)22-18(23)8-5-9-19(22)24/h2-9,11,13-15H,10,12H2,1H3/b17-11-,25-14?. The summed E-state index contributed by atoms with van der Waals surface area (Å²) in [6, 6.07) is 14.6. The van der Waals surface area contributed by atoms with Gasteiger partial charge in [0.15, 0.2) is 11.6 Å². The van der Waals surface area contributed by atoms with Crippen molar-refractivity contribution in [2.24, 2.45) is 4.99 Å². The molecule has 3 rings (SSSR count). The molecule has 3 aromatic rings. The van der Waals surface area contributed by atoms with E-state index in [1.54, 1.807) is 13.3 Å². The van der Waals surface area contributed by atoms with E-state index in [1.807, 2.05) is 36.4 Å². The van der Waals surface area contributed by atoms with Crippen LogP contribution in [-0.4, -0.2) is 23.0 Å². The number of aliphatic imine (C=N–C) groups is 1. The first-order valence-corrected chi connectivity index (χ1v) is 8.78. The Morgan fingerprint density at radius 1 is 1.07 bits per heavy atom. The van der Waals surface area contributed by atoms with E-state index in [0.717, 1.165) is 22.4 Å². The molecule has 4 nitrogen and oxygen atoms in total. The maximum absolute atomic E-state index is 14.1. The van der Waals surface area contributed by atoms with Crippen LogP contribution in [-0.2, 0) is 6.42 Å². The molecule has 28 heavy (non-hydrogen) atoms. The molecule has 2 aromatic carbocycles. The number of rotatable bonds is 6. The average molecular weight is 379 g/mol. The van der Waals surface area contributed by atoms with Crippen LogP contribution in [0.25, 0.3) is 11.3 Å². The molecule has 0 fully saturated rings. The molecule has 1 aromatic heterocycles. The quantitative estimate of drug-likeness (QED) is 0.602. The number of hydrogen-bond donors (Lipinski definition) is 0. The first kappa shape index (κ1) is 19.4. The number of aromatic nitrogens is 2. The Bertz CT molecular complexity index is 1050. The number of nitrogens with zero attached hydrogens (tertiary/aromatic N) is 3. The molecule has 0 atom stereocenters. The van der Waals surface area contributed by atoms with Gasteiger partial charge in [-0.15, -0.1) is 0 Å². The van der Waals surface area contributed by atoms with Crippen LogP contribution in [0.15, 0.2) is 76.7 Å². The van der Waals surface area contributed by atoms with Crippen molar-refractivity contribution in [2.45, 2.75) is 12.8 Å². The number of benzene rings is 2. The smallest absolute Gasteiger partial charge is 0.207 e. The molecule has 0 spiro atoms. The predicted octanol–water partition coefficient (Wildman–Crippen LogP) is 4.23. The van der Waals surface area contributed by atoms with Gasteiger partial charge in [0, 0.05) is 31.9 Å². The summed E-state index contributed by atoms with van der Waals surface area (Å²) < 4.78 is 29.3. The summed E-state index contributed by atoms with van der Waals surface area (Å²) in [4.78, 5) is 16.4. The second kappa shape index (κ2) is 8.99. The van der Waals surface area contributed by atoms with Crippen LogP contribution >= 0.6 is 0 Å².